The molecule has 0 aliphatic heterocycles. The maximum absolute atomic E-state index is 10.2. The molecule has 0 aliphatic rings. The molecule has 1 atom stereocenters. The third kappa shape index (κ3) is 6.59. The first-order valence-corrected chi connectivity index (χ1v) is 3.41. The van der Waals surface area contributed by atoms with Crippen molar-refractivity contribution in [3.8, 4) is 0 Å². The quantitative estimate of drug-likeness (QED) is 0.528. The Bertz CT molecular complexity index is 98.4. The van der Waals surface area contributed by atoms with Crippen LogP contribution in [-0.2, 0) is 4.79 Å². The molecule has 0 saturated carbocycles. The van der Waals surface area contributed by atoms with Gasteiger partial charge in [-0.05, 0) is 6.42 Å². The minimum atomic E-state index is -0.677. The maximum atomic E-state index is 10.2. The normalized spacial score (nSPS) is 11.8. The summed E-state index contributed by atoms with van der Waals surface area (Å²) >= 11 is 0. The Hall–Kier alpha value is 0.470. The molecule has 0 saturated heterocycles. The number of rotatable bonds is 4. The molecule has 1 unspecified atom stereocenters. The standard InChI is InChI=1S/C7H14O2.Na.H/c1-3-4-5-6(2)7(8)9;;/h6H,3-5H2,1-2H3,(H,8,9);;/q;+1;-1. The molecule has 0 spiro atoms. The van der Waals surface area contributed by atoms with Gasteiger partial charge in [0.15, 0.2) is 0 Å². The van der Waals surface area contributed by atoms with E-state index in [-0.39, 0.29) is 36.9 Å². The largest absolute Gasteiger partial charge is 1.00 e. The molecule has 0 rings (SSSR count). The van der Waals surface area contributed by atoms with E-state index in [0.29, 0.717) is 0 Å². The van der Waals surface area contributed by atoms with Crippen LogP contribution in [0.2, 0.25) is 0 Å². The van der Waals surface area contributed by atoms with E-state index in [4.69, 9.17) is 5.11 Å². The molecule has 0 bridgehead atoms. The fraction of sp³-hybridized carbons (Fsp3) is 0.857. The van der Waals surface area contributed by atoms with Crippen LogP contribution in [0.4, 0.5) is 0 Å². The van der Waals surface area contributed by atoms with Gasteiger partial charge >= 0.3 is 35.5 Å². The van der Waals surface area contributed by atoms with Crippen molar-refractivity contribution in [2.24, 2.45) is 5.92 Å². The smallest absolute Gasteiger partial charge is 1.00 e. The molecular formula is C7H15NaO2. The van der Waals surface area contributed by atoms with E-state index in [2.05, 4.69) is 6.92 Å². The van der Waals surface area contributed by atoms with Crippen LogP contribution < -0.4 is 29.6 Å². The van der Waals surface area contributed by atoms with Gasteiger partial charge in [-0.15, -0.1) is 0 Å². The van der Waals surface area contributed by atoms with Crippen molar-refractivity contribution >= 4 is 5.97 Å². The predicted molar refractivity (Wildman–Crippen MR) is 37.4 cm³/mol. The summed E-state index contributed by atoms with van der Waals surface area (Å²) in [5.74, 6) is -0.839. The number of carboxylic acids is 1. The average molecular weight is 154 g/mol. The number of unbranched alkanes of at least 4 members (excludes halogenated alkanes) is 1. The molecule has 0 radical (unpaired) electrons. The van der Waals surface area contributed by atoms with E-state index in [1.54, 1.807) is 6.92 Å². The van der Waals surface area contributed by atoms with Crippen LogP contribution in [0.5, 0.6) is 0 Å². The van der Waals surface area contributed by atoms with E-state index >= 15 is 0 Å². The van der Waals surface area contributed by atoms with Crippen LogP contribution in [-0.4, -0.2) is 11.1 Å². The van der Waals surface area contributed by atoms with E-state index < -0.39 is 5.97 Å². The third-order valence-electron chi connectivity index (χ3n) is 1.41. The molecule has 56 valence electrons. The van der Waals surface area contributed by atoms with Crippen molar-refractivity contribution in [1.82, 2.24) is 0 Å². The second kappa shape index (κ2) is 7.58. The molecule has 0 aromatic heterocycles. The Balaban J connectivity index is -0.000000320. The Kier molecular flexibility index (Phi) is 9.92. The number of hydrogen-bond acceptors (Lipinski definition) is 1. The number of carbonyl (C=O) groups is 1. The molecule has 3 heteroatoms. The molecule has 0 aliphatic carbocycles. The summed E-state index contributed by atoms with van der Waals surface area (Å²) in [5, 5.41) is 8.41. The van der Waals surface area contributed by atoms with Gasteiger partial charge in [0.1, 0.15) is 0 Å². The fourth-order valence-electron chi connectivity index (χ4n) is 0.634. The molecule has 2 nitrogen and oxygen atoms in total. The number of aliphatic carboxylic acids is 1. The summed E-state index contributed by atoms with van der Waals surface area (Å²) in [4.78, 5) is 10.2. The minimum absolute atomic E-state index is 0. The van der Waals surface area contributed by atoms with Gasteiger partial charge in [0.05, 0.1) is 5.92 Å². The van der Waals surface area contributed by atoms with Crippen LogP contribution in [0.3, 0.4) is 0 Å². The van der Waals surface area contributed by atoms with Gasteiger partial charge in [-0.2, -0.15) is 0 Å². The average Bonchev–Trinajstić information content (AvgIpc) is 1.82. The van der Waals surface area contributed by atoms with Crippen molar-refractivity contribution in [1.29, 1.82) is 0 Å². The fourth-order valence-corrected chi connectivity index (χ4v) is 0.634. The molecule has 0 heterocycles. The maximum Gasteiger partial charge on any atom is 1.00 e. The minimum Gasteiger partial charge on any atom is -1.00 e. The van der Waals surface area contributed by atoms with Crippen molar-refractivity contribution in [2.75, 3.05) is 0 Å². The molecule has 0 aromatic rings. The molecule has 0 fully saturated rings. The van der Waals surface area contributed by atoms with Gasteiger partial charge in [0.2, 0.25) is 0 Å². The second-order valence-corrected chi connectivity index (χ2v) is 2.38. The second-order valence-electron chi connectivity index (χ2n) is 2.38. The van der Waals surface area contributed by atoms with Crippen molar-refractivity contribution in [2.45, 2.75) is 33.1 Å². The van der Waals surface area contributed by atoms with Gasteiger partial charge in [-0.25, -0.2) is 0 Å². The van der Waals surface area contributed by atoms with Crippen LogP contribution in [0, 0.1) is 5.92 Å². The van der Waals surface area contributed by atoms with Crippen LogP contribution in [0.25, 0.3) is 0 Å². The summed E-state index contributed by atoms with van der Waals surface area (Å²) in [6, 6.07) is 0. The van der Waals surface area contributed by atoms with Crippen LogP contribution in [0.15, 0.2) is 0 Å². The zero-order valence-corrected chi connectivity index (χ0v) is 9.05. The molecule has 10 heavy (non-hydrogen) atoms. The Morgan fingerprint density at radius 1 is 1.70 bits per heavy atom. The van der Waals surface area contributed by atoms with Gasteiger partial charge < -0.3 is 6.53 Å². The SMILES string of the molecule is CCCCC(C)C(=O)O.[H-].[Na+]. The first-order valence-electron chi connectivity index (χ1n) is 3.41. The topological polar surface area (TPSA) is 37.3 Å². The van der Waals surface area contributed by atoms with Crippen LogP contribution >= 0.6 is 0 Å². The van der Waals surface area contributed by atoms with E-state index in [0.717, 1.165) is 19.3 Å². The Morgan fingerprint density at radius 3 is 2.50 bits per heavy atom. The molecule has 0 aromatic carbocycles. The first-order chi connectivity index (χ1) is 4.18. The summed E-state index contributed by atoms with van der Waals surface area (Å²) in [5.41, 5.74) is 0. The number of carboxylic acid groups (broad SMARTS) is 1. The van der Waals surface area contributed by atoms with E-state index in [1.807, 2.05) is 0 Å². The van der Waals surface area contributed by atoms with E-state index in [1.165, 1.54) is 0 Å². The van der Waals surface area contributed by atoms with Gasteiger partial charge in [0.25, 0.3) is 0 Å². The number of hydrogen-bond donors (Lipinski definition) is 1. The first kappa shape index (κ1) is 13.1. The van der Waals surface area contributed by atoms with Crippen molar-refractivity contribution < 1.29 is 40.9 Å². The third-order valence-corrected chi connectivity index (χ3v) is 1.41. The van der Waals surface area contributed by atoms with E-state index in [9.17, 15) is 4.79 Å². The summed E-state index contributed by atoms with van der Waals surface area (Å²) < 4.78 is 0. The summed E-state index contributed by atoms with van der Waals surface area (Å²) in [7, 11) is 0. The summed E-state index contributed by atoms with van der Waals surface area (Å²) in [6.45, 7) is 3.81. The Morgan fingerprint density at radius 2 is 2.20 bits per heavy atom. The molecule has 1 N–H and O–H groups in total. The van der Waals surface area contributed by atoms with Gasteiger partial charge in [-0.1, -0.05) is 26.7 Å². The Labute approximate surface area is 85.8 Å². The van der Waals surface area contributed by atoms with Gasteiger partial charge in [0, 0.05) is 0 Å². The van der Waals surface area contributed by atoms with Gasteiger partial charge in [-0.3, -0.25) is 4.79 Å². The molecular weight excluding hydrogens is 139 g/mol. The zero-order valence-electron chi connectivity index (χ0n) is 8.05. The summed E-state index contributed by atoms with van der Waals surface area (Å²) in [6.07, 6.45) is 2.91. The van der Waals surface area contributed by atoms with Crippen molar-refractivity contribution in [3.63, 3.8) is 0 Å². The predicted octanol–water partition coefficient (Wildman–Crippen LogP) is -0.986. The molecule has 0 amide bonds. The van der Waals surface area contributed by atoms with Crippen molar-refractivity contribution in [3.05, 3.63) is 0 Å². The van der Waals surface area contributed by atoms with Crippen LogP contribution in [0.1, 0.15) is 34.5 Å². The zero-order chi connectivity index (χ0) is 7.28. The monoisotopic (exact) mass is 154 g/mol.